The van der Waals surface area contributed by atoms with E-state index in [0.717, 1.165) is 11.3 Å². The molecule has 0 bridgehead atoms. The van der Waals surface area contributed by atoms with Crippen LogP contribution in [0, 0.1) is 12.3 Å². The summed E-state index contributed by atoms with van der Waals surface area (Å²) in [6.45, 7) is 9.42. The summed E-state index contributed by atoms with van der Waals surface area (Å²) in [7, 11) is 0. The normalized spacial score (nSPS) is 10.8. The van der Waals surface area contributed by atoms with E-state index in [9.17, 15) is 4.79 Å². The molecule has 3 rings (SSSR count). The van der Waals surface area contributed by atoms with Crippen molar-refractivity contribution in [2.24, 2.45) is 0 Å². The van der Waals surface area contributed by atoms with Gasteiger partial charge in [-0.3, -0.25) is 4.79 Å². The first-order valence-electron chi connectivity index (χ1n) is 11.1. The number of carbonyl (C=O) groups excluding carboxylic acids is 1. The number of benzene rings is 3. The Morgan fingerprint density at radius 2 is 1.50 bits per heavy atom. The number of hydrogen-bond donors (Lipinski definition) is 1. The maximum atomic E-state index is 13.4. The second kappa shape index (κ2) is 10.7. The van der Waals surface area contributed by atoms with Crippen LogP contribution >= 0.6 is 0 Å². The topological polar surface area (TPSA) is 38.3 Å². The van der Waals surface area contributed by atoms with Gasteiger partial charge in [0.05, 0.1) is 0 Å². The largest absolute Gasteiger partial charge is 0.481 e. The van der Waals surface area contributed by atoms with Gasteiger partial charge in [0.25, 0.3) is 0 Å². The molecule has 0 amide bonds. The summed E-state index contributed by atoms with van der Waals surface area (Å²) in [5, 5.41) is 3.43. The number of carbonyl (C=O) groups is 1. The van der Waals surface area contributed by atoms with E-state index in [-0.39, 0.29) is 12.4 Å². The quantitative estimate of drug-likeness (QED) is 0.303. The minimum atomic E-state index is -0.0517. The van der Waals surface area contributed by atoms with Crippen molar-refractivity contribution in [1.29, 1.82) is 0 Å². The summed E-state index contributed by atoms with van der Waals surface area (Å²) < 4.78 is 5.57. The highest BCUT2D eigenvalue weighted by molar-refractivity contribution is 6.12. The van der Waals surface area contributed by atoms with Crippen molar-refractivity contribution >= 4 is 11.5 Å². The fourth-order valence-electron chi connectivity index (χ4n) is 3.47. The number of nitrogens with one attached hydrogen (secondary N) is 1. The van der Waals surface area contributed by atoms with E-state index >= 15 is 0 Å². The van der Waals surface area contributed by atoms with Crippen molar-refractivity contribution in [2.75, 3.05) is 11.9 Å². The Labute approximate surface area is 191 Å². The summed E-state index contributed by atoms with van der Waals surface area (Å²) in [6.07, 6.45) is 5.32. The molecule has 0 aliphatic heterocycles. The summed E-state index contributed by atoms with van der Waals surface area (Å²) in [5.74, 6) is 3.91. The van der Waals surface area contributed by atoms with Crippen molar-refractivity contribution in [1.82, 2.24) is 0 Å². The molecule has 3 heteroatoms. The van der Waals surface area contributed by atoms with Crippen LogP contribution in [-0.2, 0) is 6.54 Å². The third kappa shape index (κ3) is 5.80. The van der Waals surface area contributed by atoms with Crippen LogP contribution in [-0.4, -0.2) is 12.4 Å². The Kier molecular flexibility index (Phi) is 7.73. The Bertz CT molecular complexity index is 1090. The van der Waals surface area contributed by atoms with Gasteiger partial charge in [-0.25, -0.2) is 0 Å². The zero-order chi connectivity index (χ0) is 23.1. The maximum absolute atomic E-state index is 13.4. The lowest BCUT2D eigenvalue weighted by molar-refractivity contribution is 0.103. The highest BCUT2D eigenvalue weighted by atomic mass is 16.5. The van der Waals surface area contributed by atoms with Crippen molar-refractivity contribution in [3.63, 3.8) is 0 Å². The molecule has 0 heterocycles. The number of terminal acetylenes is 1. The number of hydrogen-bond acceptors (Lipinski definition) is 3. The van der Waals surface area contributed by atoms with Crippen molar-refractivity contribution in [2.45, 2.75) is 46.1 Å². The van der Waals surface area contributed by atoms with Crippen LogP contribution < -0.4 is 10.1 Å². The second-order valence-corrected chi connectivity index (χ2v) is 8.56. The summed E-state index contributed by atoms with van der Waals surface area (Å²) in [4.78, 5) is 13.4. The molecule has 164 valence electrons. The zero-order valence-electron chi connectivity index (χ0n) is 19.3. The van der Waals surface area contributed by atoms with Crippen LogP contribution in [0.2, 0.25) is 0 Å². The Hall–Kier alpha value is -3.51. The molecule has 0 aliphatic carbocycles. The SMILES string of the molecule is C#CCOc1ccc(NCc2ccc(C(C)C)cc2)c(C(=O)c2ccc(C(C)C)cc2)c1. The third-order valence-electron chi connectivity index (χ3n) is 5.53. The second-order valence-electron chi connectivity index (χ2n) is 8.56. The van der Waals surface area contributed by atoms with Gasteiger partial charge in [0.2, 0.25) is 0 Å². The van der Waals surface area contributed by atoms with Gasteiger partial charge < -0.3 is 10.1 Å². The molecule has 1 N–H and O–H groups in total. The summed E-state index contributed by atoms with van der Waals surface area (Å²) >= 11 is 0. The van der Waals surface area contributed by atoms with Gasteiger partial charge in [-0.1, -0.05) is 82.1 Å². The van der Waals surface area contributed by atoms with Crippen LogP contribution in [0.1, 0.15) is 72.1 Å². The average Bonchev–Trinajstić information content (AvgIpc) is 2.81. The molecule has 3 aromatic rings. The van der Waals surface area contributed by atoms with Crippen LogP contribution in [0.3, 0.4) is 0 Å². The lowest BCUT2D eigenvalue weighted by atomic mass is 9.97. The van der Waals surface area contributed by atoms with Gasteiger partial charge in [-0.05, 0) is 46.7 Å². The highest BCUT2D eigenvalue weighted by Crippen LogP contribution is 2.27. The lowest BCUT2D eigenvalue weighted by Crippen LogP contribution is -2.09. The molecule has 0 saturated carbocycles. The van der Waals surface area contributed by atoms with Crippen LogP contribution in [0.5, 0.6) is 5.75 Å². The first kappa shape index (κ1) is 23.2. The predicted molar refractivity (Wildman–Crippen MR) is 133 cm³/mol. The molecule has 3 nitrogen and oxygen atoms in total. The third-order valence-corrected chi connectivity index (χ3v) is 5.53. The van der Waals surface area contributed by atoms with E-state index in [1.165, 1.54) is 11.1 Å². The number of ketones is 1. The van der Waals surface area contributed by atoms with Gasteiger partial charge in [0.15, 0.2) is 5.78 Å². The molecular formula is C29H31NO2. The molecule has 0 aromatic heterocycles. The minimum absolute atomic E-state index is 0.0517. The maximum Gasteiger partial charge on any atom is 0.195 e. The van der Waals surface area contributed by atoms with E-state index in [4.69, 9.17) is 11.2 Å². The summed E-state index contributed by atoms with van der Waals surface area (Å²) in [6, 6.07) is 21.8. The van der Waals surface area contributed by atoms with E-state index in [1.807, 2.05) is 36.4 Å². The van der Waals surface area contributed by atoms with E-state index < -0.39 is 0 Å². The monoisotopic (exact) mass is 425 g/mol. The van der Waals surface area contributed by atoms with Crippen LogP contribution in [0.25, 0.3) is 0 Å². The Morgan fingerprint density at radius 3 is 2.06 bits per heavy atom. The number of ether oxygens (including phenoxy) is 1. The van der Waals surface area contributed by atoms with Gasteiger partial charge in [-0.2, -0.15) is 0 Å². The lowest BCUT2D eigenvalue weighted by Gasteiger charge is -2.15. The van der Waals surface area contributed by atoms with Gasteiger partial charge >= 0.3 is 0 Å². The average molecular weight is 426 g/mol. The van der Waals surface area contributed by atoms with Gasteiger partial charge in [-0.15, -0.1) is 6.42 Å². The zero-order valence-corrected chi connectivity index (χ0v) is 19.3. The minimum Gasteiger partial charge on any atom is -0.481 e. The standard InChI is InChI=1S/C29H31NO2/c1-6-17-32-26-15-16-28(30-19-22-7-9-23(10-8-22)20(2)3)27(18-26)29(31)25-13-11-24(12-14-25)21(4)5/h1,7-16,18,20-21,30H,17,19H2,2-5H3. The predicted octanol–water partition coefficient (Wildman–Crippen LogP) is 6.79. The van der Waals surface area contributed by atoms with E-state index in [1.54, 1.807) is 6.07 Å². The molecular weight excluding hydrogens is 394 g/mol. The molecule has 3 aromatic carbocycles. The highest BCUT2D eigenvalue weighted by Gasteiger charge is 2.16. The van der Waals surface area contributed by atoms with Crippen molar-refractivity contribution in [3.05, 3.63) is 94.5 Å². The Morgan fingerprint density at radius 1 is 0.906 bits per heavy atom. The molecule has 0 atom stereocenters. The van der Waals surface area contributed by atoms with Crippen LogP contribution in [0.4, 0.5) is 5.69 Å². The Balaban J connectivity index is 1.86. The fraction of sp³-hybridized carbons (Fsp3) is 0.276. The number of rotatable bonds is 9. The van der Waals surface area contributed by atoms with E-state index in [0.29, 0.717) is 35.3 Å². The molecule has 0 aliphatic rings. The van der Waals surface area contributed by atoms with Gasteiger partial charge in [0.1, 0.15) is 12.4 Å². The molecule has 0 unspecified atom stereocenters. The molecule has 0 saturated heterocycles. The van der Waals surface area contributed by atoms with E-state index in [2.05, 4.69) is 63.2 Å². The molecule has 32 heavy (non-hydrogen) atoms. The van der Waals surface area contributed by atoms with Crippen molar-refractivity contribution < 1.29 is 9.53 Å². The molecule has 0 fully saturated rings. The van der Waals surface area contributed by atoms with Gasteiger partial charge in [0, 0.05) is 23.4 Å². The van der Waals surface area contributed by atoms with Crippen LogP contribution in [0.15, 0.2) is 66.7 Å². The first-order chi connectivity index (χ1) is 15.4. The summed E-state index contributed by atoms with van der Waals surface area (Å²) in [5.41, 5.74) is 5.65. The van der Waals surface area contributed by atoms with Crippen molar-refractivity contribution in [3.8, 4) is 18.1 Å². The number of anilines is 1. The molecule has 0 spiro atoms. The molecule has 0 radical (unpaired) electrons. The fourth-order valence-corrected chi connectivity index (χ4v) is 3.47. The smallest absolute Gasteiger partial charge is 0.195 e. The first-order valence-corrected chi connectivity index (χ1v) is 11.1.